The summed E-state index contributed by atoms with van der Waals surface area (Å²) in [6.45, 7) is 3.62. The van der Waals surface area contributed by atoms with Crippen molar-refractivity contribution in [3.05, 3.63) is 29.8 Å². The van der Waals surface area contributed by atoms with Gasteiger partial charge in [-0.2, -0.15) is 0 Å². The van der Waals surface area contributed by atoms with Crippen LogP contribution in [-0.2, 0) is 9.53 Å². The van der Waals surface area contributed by atoms with Crippen LogP contribution in [0.3, 0.4) is 0 Å². The van der Waals surface area contributed by atoms with Gasteiger partial charge in [-0.1, -0.05) is 19.4 Å². The van der Waals surface area contributed by atoms with Gasteiger partial charge in [0.15, 0.2) is 6.61 Å². The third kappa shape index (κ3) is 5.42. The van der Waals surface area contributed by atoms with Crippen LogP contribution in [-0.4, -0.2) is 29.6 Å². The van der Waals surface area contributed by atoms with Gasteiger partial charge in [0.2, 0.25) is 0 Å². The van der Waals surface area contributed by atoms with Gasteiger partial charge in [0.25, 0.3) is 5.91 Å². The molecule has 0 saturated heterocycles. The molecule has 0 heterocycles. The average molecular weight is 265 g/mol. The lowest BCUT2D eigenvalue weighted by Crippen LogP contribution is -2.35. The lowest BCUT2D eigenvalue weighted by Gasteiger charge is -2.12. The first kappa shape index (κ1) is 15.0. The molecule has 5 heteroatoms. The number of hydrogen-bond donors (Lipinski definition) is 2. The molecule has 0 aliphatic heterocycles. The smallest absolute Gasteiger partial charge is 0.338 e. The normalized spacial score (nSPS) is 11.7. The quantitative estimate of drug-likeness (QED) is 0.770. The Morgan fingerprint density at radius 2 is 2.16 bits per heavy atom. The van der Waals surface area contributed by atoms with Crippen molar-refractivity contribution < 1.29 is 19.4 Å². The Hall–Kier alpha value is -2.04. The van der Waals surface area contributed by atoms with E-state index in [1.807, 2.05) is 13.8 Å². The molecule has 0 aliphatic carbocycles. The number of carbonyl (C=O) groups is 2. The minimum absolute atomic E-state index is 0.0181. The van der Waals surface area contributed by atoms with Gasteiger partial charge < -0.3 is 15.2 Å². The van der Waals surface area contributed by atoms with E-state index in [0.717, 1.165) is 12.8 Å². The molecule has 5 nitrogen and oxygen atoms in total. The van der Waals surface area contributed by atoms with Crippen LogP contribution < -0.4 is 5.32 Å². The molecule has 0 fully saturated rings. The Labute approximate surface area is 112 Å². The second-order valence-electron chi connectivity index (χ2n) is 4.38. The molecule has 0 saturated carbocycles. The number of nitrogens with one attached hydrogen (secondary N) is 1. The third-order valence-corrected chi connectivity index (χ3v) is 2.55. The molecule has 1 atom stereocenters. The Bertz CT molecular complexity index is 445. The standard InChI is InChI=1S/C14H19NO4/c1-3-5-10(2)15-13(17)9-19-14(18)11-6-4-7-12(16)8-11/h4,6-8,10,16H,3,5,9H2,1-2H3,(H,15,17). The number of phenols is 1. The molecule has 0 bridgehead atoms. The van der Waals surface area contributed by atoms with Crippen molar-refractivity contribution in [3.8, 4) is 5.75 Å². The summed E-state index contributed by atoms with van der Waals surface area (Å²) in [6, 6.07) is 5.86. The van der Waals surface area contributed by atoms with Crippen molar-refractivity contribution in [3.63, 3.8) is 0 Å². The zero-order valence-electron chi connectivity index (χ0n) is 11.2. The average Bonchev–Trinajstić information content (AvgIpc) is 2.36. The summed E-state index contributed by atoms with van der Waals surface area (Å²) >= 11 is 0. The molecular weight excluding hydrogens is 246 g/mol. The number of benzene rings is 1. The number of carbonyl (C=O) groups excluding carboxylic acids is 2. The van der Waals surface area contributed by atoms with Crippen molar-refractivity contribution in [1.82, 2.24) is 5.32 Å². The van der Waals surface area contributed by atoms with Crippen LogP contribution in [0.5, 0.6) is 5.75 Å². The Kier molecular flexibility index (Phi) is 5.85. The van der Waals surface area contributed by atoms with E-state index in [4.69, 9.17) is 4.74 Å². The van der Waals surface area contributed by atoms with Crippen LogP contribution in [0.4, 0.5) is 0 Å². The molecule has 1 unspecified atom stereocenters. The summed E-state index contributed by atoms with van der Waals surface area (Å²) in [5.41, 5.74) is 0.217. The maximum Gasteiger partial charge on any atom is 0.338 e. The predicted molar refractivity (Wildman–Crippen MR) is 70.9 cm³/mol. The van der Waals surface area contributed by atoms with Crippen molar-refractivity contribution in [2.75, 3.05) is 6.61 Å². The highest BCUT2D eigenvalue weighted by Gasteiger charge is 2.12. The lowest BCUT2D eigenvalue weighted by atomic mass is 10.2. The van der Waals surface area contributed by atoms with Gasteiger partial charge in [-0.25, -0.2) is 4.79 Å². The van der Waals surface area contributed by atoms with E-state index in [-0.39, 0.29) is 29.9 Å². The van der Waals surface area contributed by atoms with E-state index in [1.165, 1.54) is 24.3 Å². The Balaban J connectivity index is 2.40. The van der Waals surface area contributed by atoms with Crippen molar-refractivity contribution in [2.45, 2.75) is 32.7 Å². The van der Waals surface area contributed by atoms with Crippen molar-refractivity contribution in [1.29, 1.82) is 0 Å². The molecule has 0 aliphatic rings. The highest BCUT2D eigenvalue weighted by atomic mass is 16.5. The highest BCUT2D eigenvalue weighted by molar-refractivity contribution is 5.91. The predicted octanol–water partition coefficient (Wildman–Crippen LogP) is 1.85. The lowest BCUT2D eigenvalue weighted by molar-refractivity contribution is -0.124. The van der Waals surface area contributed by atoms with Gasteiger partial charge in [-0.15, -0.1) is 0 Å². The van der Waals surface area contributed by atoms with Gasteiger partial charge in [0.1, 0.15) is 5.75 Å². The van der Waals surface area contributed by atoms with Gasteiger partial charge in [0.05, 0.1) is 5.56 Å². The molecule has 0 aromatic heterocycles. The van der Waals surface area contributed by atoms with Gasteiger partial charge in [-0.3, -0.25) is 4.79 Å². The first-order valence-corrected chi connectivity index (χ1v) is 6.28. The van der Waals surface area contributed by atoms with E-state index in [2.05, 4.69) is 5.32 Å². The number of rotatable bonds is 6. The first-order chi connectivity index (χ1) is 9.02. The minimum Gasteiger partial charge on any atom is -0.508 e. The molecule has 104 valence electrons. The molecule has 1 amide bonds. The van der Waals surface area contributed by atoms with E-state index >= 15 is 0 Å². The molecule has 1 aromatic carbocycles. The molecule has 2 N–H and O–H groups in total. The fraction of sp³-hybridized carbons (Fsp3) is 0.429. The van der Waals surface area contributed by atoms with Gasteiger partial charge in [0, 0.05) is 6.04 Å². The number of aromatic hydroxyl groups is 1. The zero-order chi connectivity index (χ0) is 14.3. The molecule has 1 rings (SSSR count). The second-order valence-corrected chi connectivity index (χ2v) is 4.38. The molecule has 19 heavy (non-hydrogen) atoms. The third-order valence-electron chi connectivity index (χ3n) is 2.55. The largest absolute Gasteiger partial charge is 0.508 e. The zero-order valence-corrected chi connectivity index (χ0v) is 11.2. The maximum atomic E-state index is 11.6. The summed E-state index contributed by atoms with van der Waals surface area (Å²) in [5.74, 6) is -0.973. The highest BCUT2D eigenvalue weighted by Crippen LogP contribution is 2.11. The van der Waals surface area contributed by atoms with Crippen LogP contribution in [0.2, 0.25) is 0 Å². The molecule has 0 spiro atoms. The summed E-state index contributed by atoms with van der Waals surface area (Å²) < 4.78 is 4.86. The summed E-state index contributed by atoms with van der Waals surface area (Å²) in [7, 11) is 0. The SMILES string of the molecule is CCCC(C)NC(=O)COC(=O)c1cccc(O)c1. The van der Waals surface area contributed by atoms with Crippen molar-refractivity contribution >= 4 is 11.9 Å². The van der Waals surface area contributed by atoms with E-state index in [1.54, 1.807) is 0 Å². The van der Waals surface area contributed by atoms with E-state index in [9.17, 15) is 14.7 Å². The van der Waals surface area contributed by atoms with Crippen LogP contribution in [0, 0.1) is 0 Å². The topological polar surface area (TPSA) is 75.6 Å². The van der Waals surface area contributed by atoms with Crippen LogP contribution in [0.15, 0.2) is 24.3 Å². The number of hydrogen-bond acceptors (Lipinski definition) is 4. The Morgan fingerprint density at radius 3 is 2.79 bits per heavy atom. The van der Waals surface area contributed by atoms with Crippen LogP contribution in [0.25, 0.3) is 0 Å². The fourth-order valence-corrected chi connectivity index (χ4v) is 1.67. The minimum atomic E-state index is -0.630. The summed E-state index contributed by atoms with van der Waals surface area (Å²) in [6.07, 6.45) is 1.86. The van der Waals surface area contributed by atoms with Crippen LogP contribution in [0.1, 0.15) is 37.0 Å². The van der Waals surface area contributed by atoms with Crippen molar-refractivity contribution in [2.24, 2.45) is 0 Å². The Morgan fingerprint density at radius 1 is 1.42 bits per heavy atom. The number of ether oxygens (including phenoxy) is 1. The van der Waals surface area contributed by atoms with Crippen LogP contribution >= 0.6 is 0 Å². The number of amides is 1. The van der Waals surface area contributed by atoms with E-state index < -0.39 is 5.97 Å². The summed E-state index contributed by atoms with van der Waals surface area (Å²) in [4.78, 5) is 23.1. The molecule has 1 aromatic rings. The first-order valence-electron chi connectivity index (χ1n) is 6.28. The van der Waals surface area contributed by atoms with Gasteiger partial charge in [-0.05, 0) is 31.5 Å². The number of phenolic OH excluding ortho intramolecular Hbond substituents is 1. The fourth-order valence-electron chi connectivity index (χ4n) is 1.67. The van der Waals surface area contributed by atoms with E-state index in [0.29, 0.717) is 0 Å². The second kappa shape index (κ2) is 7.41. The molecular formula is C14H19NO4. The number of esters is 1. The maximum absolute atomic E-state index is 11.6. The summed E-state index contributed by atoms with van der Waals surface area (Å²) in [5, 5.41) is 12.0. The van der Waals surface area contributed by atoms with Gasteiger partial charge >= 0.3 is 5.97 Å². The molecule has 0 radical (unpaired) electrons. The monoisotopic (exact) mass is 265 g/mol.